The Morgan fingerprint density at radius 1 is 1.39 bits per heavy atom. The quantitative estimate of drug-likeness (QED) is 0.208. The summed E-state index contributed by atoms with van der Waals surface area (Å²) < 4.78 is 40.5. The number of ether oxygens (including phenoxy) is 3. The van der Waals surface area contributed by atoms with E-state index in [4.69, 9.17) is 21.1 Å². The predicted octanol–water partition coefficient (Wildman–Crippen LogP) is 3.67. The number of halogens is 4. The van der Waals surface area contributed by atoms with Crippen LogP contribution < -0.4 is 15.4 Å². The molecule has 1 aromatic carbocycles. The van der Waals surface area contributed by atoms with Crippen molar-refractivity contribution in [3.63, 3.8) is 0 Å². The molecule has 1 aliphatic heterocycles. The smallest absolute Gasteiger partial charge is 0.387 e. The van der Waals surface area contributed by atoms with E-state index < -0.39 is 6.61 Å². The van der Waals surface area contributed by atoms with E-state index >= 15 is 0 Å². The van der Waals surface area contributed by atoms with Crippen LogP contribution in [0, 0.1) is 5.92 Å². The second-order valence-electron chi connectivity index (χ2n) is 6.14. The lowest BCUT2D eigenvalue weighted by molar-refractivity contribution is -0.0504. The normalized spacial score (nSPS) is 16.8. The van der Waals surface area contributed by atoms with Crippen molar-refractivity contribution in [2.24, 2.45) is 10.9 Å². The highest BCUT2D eigenvalue weighted by molar-refractivity contribution is 14.0. The molecule has 0 spiro atoms. The third-order valence-electron chi connectivity index (χ3n) is 4.04. The zero-order chi connectivity index (χ0) is 19.5. The summed E-state index contributed by atoms with van der Waals surface area (Å²) in [6.45, 7) is 1.04. The third-order valence-corrected chi connectivity index (χ3v) is 4.28. The van der Waals surface area contributed by atoms with Crippen molar-refractivity contribution in [2.75, 3.05) is 40.0 Å². The zero-order valence-corrected chi connectivity index (χ0v) is 18.8. The summed E-state index contributed by atoms with van der Waals surface area (Å²) in [5, 5.41) is 6.66. The molecular weight excluding hydrogens is 507 g/mol. The van der Waals surface area contributed by atoms with Crippen molar-refractivity contribution in [1.82, 2.24) is 10.6 Å². The summed E-state index contributed by atoms with van der Waals surface area (Å²) in [4.78, 5) is 4.11. The number of rotatable bonds is 10. The molecule has 0 radical (unpaired) electrons. The first kappa shape index (κ1) is 25.1. The van der Waals surface area contributed by atoms with E-state index in [0.29, 0.717) is 35.6 Å². The average Bonchev–Trinajstić information content (AvgIpc) is 3.15. The largest absolute Gasteiger partial charge is 0.434 e. The van der Waals surface area contributed by atoms with Gasteiger partial charge in [-0.2, -0.15) is 8.78 Å². The number of hydrogen-bond donors (Lipinski definition) is 2. The molecule has 160 valence electrons. The molecule has 1 atom stereocenters. The van der Waals surface area contributed by atoms with Gasteiger partial charge in [0.05, 0.1) is 13.2 Å². The van der Waals surface area contributed by atoms with Crippen molar-refractivity contribution < 1.29 is 23.0 Å². The van der Waals surface area contributed by atoms with Gasteiger partial charge in [-0.3, -0.25) is 4.99 Å². The lowest BCUT2D eigenvalue weighted by Gasteiger charge is -2.15. The van der Waals surface area contributed by atoms with Crippen LogP contribution in [0.3, 0.4) is 0 Å². The van der Waals surface area contributed by atoms with Crippen LogP contribution in [0.4, 0.5) is 8.78 Å². The Morgan fingerprint density at radius 2 is 2.21 bits per heavy atom. The molecule has 0 amide bonds. The Morgan fingerprint density at radius 3 is 2.89 bits per heavy atom. The lowest BCUT2D eigenvalue weighted by Crippen LogP contribution is -2.37. The molecule has 1 aliphatic rings. The fourth-order valence-corrected chi connectivity index (χ4v) is 2.84. The van der Waals surface area contributed by atoms with Crippen LogP contribution in [0.25, 0.3) is 0 Å². The van der Waals surface area contributed by atoms with Crippen molar-refractivity contribution in [3.8, 4) is 5.75 Å². The highest BCUT2D eigenvalue weighted by Gasteiger charge is 2.15. The van der Waals surface area contributed by atoms with Crippen LogP contribution in [0.1, 0.15) is 18.4 Å². The van der Waals surface area contributed by atoms with Crippen LogP contribution in [-0.2, 0) is 16.0 Å². The van der Waals surface area contributed by atoms with Crippen LogP contribution in [0.2, 0.25) is 5.02 Å². The van der Waals surface area contributed by atoms with Crippen molar-refractivity contribution in [2.45, 2.75) is 26.0 Å². The second-order valence-corrected chi connectivity index (χ2v) is 6.58. The molecule has 1 unspecified atom stereocenters. The van der Waals surface area contributed by atoms with E-state index in [2.05, 4.69) is 20.4 Å². The molecule has 2 N–H and O–H groups in total. The zero-order valence-electron chi connectivity index (χ0n) is 15.8. The van der Waals surface area contributed by atoms with E-state index in [9.17, 15) is 8.78 Å². The maximum atomic E-state index is 12.5. The maximum absolute atomic E-state index is 12.5. The molecule has 2 rings (SSSR count). The molecule has 1 fully saturated rings. The Kier molecular flexibility index (Phi) is 12.7. The molecule has 6 nitrogen and oxygen atoms in total. The lowest BCUT2D eigenvalue weighted by atomic mass is 10.1. The standard InChI is InChI=1S/C18H26ClF2N3O3.HI/c1-22-18(23-6-2-7-25-11-13-5-8-26-12-13)24-10-14-9-15(19)3-4-16(14)27-17(20)21;/h3-4,9,13,17H,2,5-8,10-12H2,1H3,(H2,22,23,24);1H. The fourth-order valence-electron chi connectivity index (χ4n) is 2.64. The Balaban J connectivity index is 0.00000392. The summed E-state index contributed by atoms with van der Waals surface area (Å²) in [5.74, 6) is 1.15. The number of hydrogen-bond acceptors (Lipinski definition) is 4. The minimum absolute atomic E-state index is 0. The average molecular weight is 534 g/mol. The van der Waals surface area contributed by atoms with Gasteiger partial charge in [0.2, 0.25) is 0 Å². The fraction of sp³-hybridized carbons (Fsp3) is 0.611. The van der Waals surface area contributed by atoms with Gasteiger partial charge in [-0.15, -0.1) is 24.0 Å². The number of alkyl halides is 2. The second kappa shape index (κ2) is 14.1. The first-order chi connectivity index (χ1) is 13.1. The van der Waals surface area contributed by atoms with Gasteiger partial charge in [0.1, 0.15) is 5.75 Å². The molecule has 1 heterocycles. The third kappa shape index (κ3) is 9.53. The number of nitrogens with one attached hydrogen (secondary N) is 2. The maximum Gasteiger partial charge on any atom is 0.387 e. The molecule has 28 heavy (non-hydrogen) atoms. The Labute approximate surface area is 186 Å². The SMILES string of the molecule is CN=C(NCCCOCC1CCOC1)NCc1cc(Cl)ccc1OC(F)F.I. The van der Waals surface area contributed by atoms with Crippen molar-refractivity contribution in [3.05, 3.63) is 28.8 Å². The highest BCUT2D eigenvalue weighted by Crippen LogP contribution is 2.24. The summed E-state index contributed by atoms with van der Waals surface area (Å²) in [6, 6.07) is 4.52. The van der Waals surface area contributed by atoms with Gasteiger partial charge in [0.25, 0.3) is 0 Å². The molecule has 10 heteroatoms. The number of aliphatic imine (C=N–C) groups is 1. The van der Waals surface area contributed by atoms with Gasteiger partial charge in [0, 0.05) is 49.9 Å². The number of nitrogens with zero attached hydrogens (tertiary/aromatic N) is 1. The van der Waals surface area contributed by atoms with Crippen LogP contribution in [0.15, 0.2) is 23.2 Å². The van der Waals surface area contributed by atoms with Gasteiger partial charge in [-0.05, 0) is 31.0 Å². The van der Waals surface area contributed by atoms with Crippen molar-refractivity contribution >= 4 is 41.5 Å². The minimum atomic E-state index is -2.89. The minimum Gasteiger partial charge on any atom is -0.434 e. The van der Waals surface area contributed by atoms with Gasteiger partial charge in [-0.1, -0.05) is 11.6 Å². The monoisotopic (exact) mass is 533 g/mol. The topological polar surface area (TPSA) is 64.1 Å². The summed E-state index contributed by atoms with van der Waals surface area (Å²) >= 11 is 5.94. The molecule has 1 aromatic rings. The van der Waals surface area contributed by atoms with Gasteiger partial charge < -0.3 is 24.8 Å². The van der Waals surface area contributed by atoms with Gasteiger partial charge in [-0.25, -0.2) is 0 Å². The Hall–Kier alpha value is -0.910. The van der Waals surface area contributed by atoms with E-state index in [0.717, 1.165) is 32.7 Å². The Bertz CT molecular complexity index is 605. The van der Waals surface area contributed by atoms with E-state index in [-0.39, 0.29) is 36.3 Å². The van der Waals surface area contributed by atoms with E-state index in [1.807, 2.05) is 0 Å². The first-order valence-corrected chi connectivity index (χ1v) is 9.29. The van der Waals surface area contributed by atoms with Crippen LogP contribution in [0.5, 0.6) is 5.75 Å². The van der Waals surface area contributed by atoms with Crippen LogP contribution >= 0.6 is 35.6 Å². The first-order valence-electron chi connectivity index (χ1n) is 8.91. The molecule has 0 bridgehead atoms. The van der Waals surface area contributed by atoms with Gasteiger partial charge >= 0.3 is 6.61 Å². The van der Waals surface area contributed by atoms with Gasteiger partial charge in [0.15, 0.2) is 5.96 Å². The van der Waals surface area contributed by atoms with E-state index in [1.165, 1.54) is 12.1 Å². The molecule has 0 saturated carbocycles. The summed E-state index contributed by atoms with van der Waals surface area (Å²) in [7, 11) is 1.64. The number of guanidine groups is 1. The van der Waals surface area contributed by atoms with Crippen LogP contribution in [-0.4, -0.2) is 52.6 Å². The molecule has 1 saturated heterocycles. The highest BCUT2D eigenvalue weighted by atomic mass is 127. The predicted molar refractivity (Wildman–Crippen MR) is 116 cm³/mol. The molecule has 0 aliphatic carbocycles. The summed E-state index contributed by atoms with van der Waals surface area (Å²) in [5.41, 5.74) is 0.521. The number of benzene rings is 1. The molecule has 0 aromatic heterocycles. The molecular formula is C18H27ClF2IN3O3. The summed E-state index contributed by atoms with van der Waals surface area (Å²) in [6.07, 6.45) is 1.89. The van der Waals surface area contributed by atoms with Crippen molar-refractivity contribution in [1.29, 1.82) is 0 Å². The van der Waals surface area contributed by atoms with E-state index in [1.54, 1.807) is 13.1 Å².